The standard InChI is InChI=1S/C14H18F3NO/c1-10-6-8-11(9-7-10)18-12-4-2-3-5-13(12)19-14(15,16)17/h2-5,10-11,18H,6-9H2,1H3. The smallest absolute Gasteiger partial charge is 0.404 e. The van der Waals surface area contributed by atoms with Crippen molar-refractivity contribution in [1.82, 2.24) is 0 Å². The number of nitrogens with one attached hydrogen (secondary N) is 1. The largest absolute Gasteiger partial charge is 0.573 e. The molecule has 0 aliphatic heterocycles. The van der Waals surface area contributed by atoms with Gasteiger partial charge in [-0.05, 0) is 43.7 Å². The van der Waals surface area contributed by atoms with Gasteiger partial charge in [0.25, 0.3) is 0 Å². The van der Waals surface area contributed by atoms with E-state index in [1.54, 1.807) is 12.1 Å². The predicted molar refractivity (Wildman–Crippen MR) is 68.2 cm³/mol. The molecular weight excluding hydrogens is 255 g/mol. The highest BCUT2D eigenvalue weighted by molar-refractivity contribution is 5.56. The molecule has 0 spiro atoms. The predicted octanol–water partition coefficient (Wildman–Crippen LogP) is 4.58. The molecule has 0 amide bonds. The van der Waals surface area contributed by atoms with Gasteiger partial charge in [-0.1, -0.05) is 19.1 Å². The minimum absolute atomic E-state index is 0.159. The van der Waals surface area contributed by atoms with Gasteiger partial charge in [0.05, 0.1) is 5.69 Å². The van der Waals surface area contributed by atoms with Gasteiger partial charge in [0.2, 0.25) is 0 Å². The van der Waals surface area contributed by atoms with Crippen LogP contribution in [0.1, 0.15) is 32.6 Å². The number of hydrogen-bond donors (Lipinski definition) is 1. The Morgan fingerprint density at radius 1 is 1.11 bits per heavy atom. The lowest BCUT2D eigenvalue weighted by Gasteiger charge is -2.28. The molecule has 0 bridgehead atoms. The molecule has 2 nitrogen and oxygen atoms in total. The average Bonchev–Trinajstić information content (AvgIpc) is 2.33. The van der Waals surface area contributed by atoms with Crippen LogP contribution in [-0.4, -0.2) is 12.4 Å². The Balaban J connectivity index is 2.03. The normalized spacial score (nSPS) is 24.0. The maximum Gasteiger partial charge on any atom is 0.573 e. The first kappa shape index (κ1) is 14.0. The first-order valence-corrected chi connectivity index (χ1v) is 6.55. The third-order valence-electron chi connectivity index (χ3n) is 3.49. The minimum Gasteiger partial charge on any atom is -0.404 e. The summed E-state index contributed by atoms with van der Waals surface area (Å²) in [4.78, 5) is 0. The third-order valence-corrected chi connectivity index (χ3v) is 3.49. The van der Waals surface area contributed by atoms with Gasteiger partial charge in [-0.2, -0.15) is 0 Å². The van der Waals surface area contributed by atoms with E-state index in [4.69, 9.17) is 0 Å². The number of ether oxygens (including phenoxy) is 1. The lowest BCUT2D eigenvalue weighted by atomic mass is 9.87. The number of hydrogen-bond acceptors (Lipinski definition) is 2. The maximum absolute atomic E-state index is 12.3. The van der Waals surface area contributed by atoms with Crippen LogP contribution in [0, 0.1) is 5.92 Å². The number of anilines is 1. The second-order valence-electron chi connectivity index (χ2n) is 5.15. The molecule has 0 aromatic heterocycles. The third kappa shape index (κ3) is 4.33. The van der Waals surface area contributed by atoms with Gasteiger partial charge in [0.15, 0.2) is 5.75 Å². The molecule has 1 fully saturated rings. The topological polar surface area (TPSA) is 21.3 Å². The Hall–Kier alpha value is -1.39. The van der Waals surface area contributed by atoms with Crippen LogP contribution < -0.4 is 10.1 Å². The van der Waals surface area contributed by atoms with Crippen LogP contribution in [-0.2, 0) is 0 Å². The van der Waals surface area contributed by atoms with Gasteiger partial charge in [-0.3, -0.25) is 0 Å². The van der Waals surface area contributed by atoms with Crippen molar-refractivity contribution in [3.05, 3.63) is 24.3 Å². The summed E-state index contributed by atoms with van der Waals surface area (Å²) in [5.74, 6) is 0.549. The Morgan fingerprint density at radius 2 is 1.74 bits per heavy atom. The van der Waals surface area contributed by atoms with Gasteiger partial charge in [0.1, 0.15) is 0 Å². The summed E-state index contributed by atoms with van der Waals surface area (Å²) in [6.45, 7) is 2.21. The molecule has 0 atom stereocenters. The van der Waals surface area contributed by atoms with Gasteiger partial charge in [0, 0.05) is 6.04 Å². The molecule has 0 heterocycles. The van der Waals surface area contributed by atoms with Crippen molar-refractivity contribution in [1.29, 1.82) is 0 Å². The van der Waals surface area contributed by atoms with E-state index in [1.807, 2.05) is 0 Å². The minimum atomic E-state index is -4.65. The summed E-state index contributed by atoms with van der Waals surface area (Å²) in [6.07, 6.45) is -0.457. The van der Waals surface area contributed by atoms with Crippen molar-refractivity contribution in [2.45, 2.75) is 45.0 Å². The lowest BCUT2D eigenvalue weighted by molar-refractivity contribution is -0.274. The fraction of sp³-hybridized carbons (Fsp3) is 0.571. The van der Waals surface area contributed by atoms with Crippen LogP contribution in [0.4, 0.5) is 18.9 Å². The average molecular weight is 273 g/mol. The van der Waals surface area contributed by atoms with E-state index in [1.165, 1.54) is 12.1 Å². The zero-order valence-electron chi connectivity index (χ0n) is 10.8. The molecule has 106 valence electrons. The molecule has 1 aliphatic rings. The van der Waals surface area contributed by atoms with E-state index < -0.39 is 6.36 Å². The van der Waals surface area contributed by atoms with Crippen molar-refractivity contribution >= 4 is 5.69 Å². The summed E-state index contributed by atoms with van der Waals surface area (Å²) in [5, 5.41) is 3.17. The van der Waals surface area contributed by atoms with Gasteiger partial charge in [-0.25, -0.2) is 0 Å². The van der Waals surface area contributed by atoms with Gasteiger partial charge >= 0.3 is 6.36 Å². The zero-order valence-corrected chi connectivity index (χ0v) is 10.8. The van der Waals surface area contributed by atoms with Crippen LogP contribution >= 0.6 is 0 Å². The maximum atomic E-state index is 12.3. The SMILES string of the molecule is CC1CCC(Nc2ccccc2OC(F)(F)F)CC1. The number of para-hydroxylation sites is 2. The second kappa shape index (κ2) is 5.72. The Morgan fingerprint density at radius 3 is 2.37 bits per heavy atom. The molecular formula is C14H18F3NO. The van der Waals surface area contributed by atoms with E-state index >= 15 is 0 Å². The van der Waals surface area contributed by atoms with Crippen LogP contribution in [0.2, 0.25) is 0 Å². The number of alkyl halides is 3. The van der Waals surface area contributed by atoms with Gasteiger partial charge < -0.3 is 10.1 Å². The first-order valence-electron chi connectivity index (χ1n) is 6.55. The van der Waals surface area contributed by atoms with Crippen LogP contribution in [0.25, 0.3) is 0 Å². The van der Waals surface area contributed by atoms with Crippen molar-refractivity contribution in [2.75, 3.05) is 5.32 Å². The van der Waals surface area contributed by atoms with Crippen molar-refractivity contribution in [3.8, 4) is 5.75 Å². The number of halogens is 3. The Kier molecular flexibility index (Phi) is 4.22. The second-order valence-corrected chi connectivity index (χ2v) is 5.15. The van der Waals surface area contributed by atoms with E-state index in [0.29, 0.717) is 11.6 Å². The molecule has 1 aliphatic carbocycles. The summed E-state index contributed by atoms with van der Waals surface area (Å²) in [7, 11) is 0. The Bertz CT molecular complexity index is 411. The van der Waals surface area contributed by atoms with E-state index in [9.17, 15) is 13.2 Å². The molecule has 0 radical (unpaired) electrons. The van der Waals surface area contributed by atoms with Crippen LogP contribution in [0.15, 0.2) is 24.3 Å². The molecule has 0 saturated heterocycles. The van der Waals surface area contributed by atoms with E-state index in [-0.39, 0.29) is 11.8 Å². The molecule has 5 heteroatoms. The first-order chi connectivity index (χ1) is 8.94. The quantitative estimate of drug-likeness (QED) is 0.870. The highest BCUT2D eigenvalue weighted by Gasteiger charge is 2.32. The van der Waals surface area contributed by atoms with E-state index in [2.05, 4.69) is 17.0 Å². The zero-order chi connectivity index (χ0) is 13.9. The van der Waals surface area contributed by atoms with Gasteiger partial charge in [-0.15, -0.1) is 13.2 Å². The fourth-order valence-electron chi connectivity index (χ4n) is 2.42. The van der Waals surface area contributed by atoms with Crippen molar-refractivity contribution < 1.29 is 17.9 Å². The monoisotopic (exact) mass is 273 g/mol. The number of rotatable bonds is 3. The molecule has 19 heavy (non-hydrogen) atoms. The van der Waals surface area contributed by atoms with Crippen molar-refractivity contribution in [2.24, 2.45) is 5.92 Å². The molecule has 1 aromatic rings. The number of benzene rings is 1. The molecule has 1 aromatic carbocycles. The molecule has 1 saturated carbocycles. The highest BCUT2D eigenvalue weighted by atomic mass is 19.4. The fourth-order valence-corrected chi connectivity index (χ4v) is 2.42. The van der Waals surface area contributed by atoms with Crippen LogP contribution in [0.3, 0.4) is 0 Å². The van der Waals surface area contributed by atoms with Crippen molar-refractivity contribution in [3.63, 3.8) is 0 Å². The van der Waals surface area contributed by atoms with Crippen LogP contribution in [0.5, 0.6) is 5.75 Å². The molecule has 2 rings (SSSR count). The Labute approximate surface area is 111 Å². The molecule has 0 unspecified atom stereocenters. The summed E-state index contributed by atoms with van der Waals surface area (Å²) in [5.41, 5.74) is 0.416. The lowest BCUT2D eigenvalue weighted by Crippen LogP contribution is -2.26. The summed E-state index contributed by atoms with van der Waals surface area (Å²) < 4.78 is 40.9. The summed E-state index contributed by atoms with van der Waals surface area (Å²) >= 11 is 0. The molecule has 1 N–H and O–H groups in total. The summed E-state index contributed by atoms with van der Waals surface area (Å²) in [6, 6.07) is 6.43. The highest BCUT2D eigenvalue weighted by Crippen LogP contribution is 2.33. The van der Waals surface area contributed by atoms with E-state index in [0.717, 1.165) is 25.7 Å².